The van der Waals surface area contributed by atoms with Crippen LogP contribution in [0.5, 0.6) is 0 Å². The molecule has 0 aliphatic carbocycles. The number of hydrogen-bond donors (Lipinski definition) is 0. The molecule has 3 rings (SSSR count). The van der Waals surface area contributed by atoms with Gasteiger partial charge in [-0.3, -0.25) is 4.79 Å². The standard InChI is InChI=1S/C18H16FN3O2/c1-12-10-14(8-9-15(12)19)18-20-17(13-6-4-3-5-7-13)21-22(18)11-16(23)24-2/h3-10H,11H2,1-2H3. The van der Waals surface area contributed by atoms with Gasteiger partial charge in [-0.2, -0.15) is 0 Å². The van der Waals surface area contributed by atoms with Gasteiger partial charge >= 0.3 is 5.97 Å². The van der Waals surface area contributed by atoms with E-state index in [0.717, 1.165) is 5.56 Å². The van der Waals surface area contributed by atoms with Crippen molar-refractivity contribution in [3.8, 4) is 22.8 Å². The highest BCUT2D eigenvalue weighted by Crippen LogP contribution is 2.24. The summed E-state index contributed by atoms with van der Waals surface area (Å²) < 4.78 is 19.7. The maximum atomic E-state index is 13.5. The van der Waals surface area contributed by atoms with Crippen molar-refractivity contribution < 1.29 is 13.9 Å². The number of benzene rings is 2. The predicted octanol–water partition coefficient (Wildman–Crippen LogP) is 3.23. The Morgan fingerprint density at radius 1 is 1.17 bits per heavy atom. The van der Waals surface area contributed by atoms with Gasteiger partial charge in [0.2, 0.25) is 0 Å². The fourth-order valence-corrected chi connectivity index (χ4v) is 2.35. The molecule has 0 aliphatic heterocycles. The van der Waals surface area contributed by atoms with Crippen molar-refractivity contribution >= 4 is 5.97 Å². The van der Waals surface area contributed by atoms with Crippen LogP contribution in [0.1, 0.15) is 5.56 Å². The summed E-state index contributed by atoms with van der Waals surface area (Å²) >= 11 is 0. The van der Waals surface area contributed by atoms with Crippen LogP contribution in [0, 0.1) is 12.7 Å². The van der Waals surface area contributed by atoms with Gasteiger partial charge in [0.05, 0.1) is 7.11 Å². The Balaban J connectivity index is 2.10. The average Bonchev–Trinajstić information content (AvgIpc) is 3.02. The second-order valence-electron chi connectivity index (χ2n) is 5.32. The molecule has 3 aromatic rings. The molecule has 0 atom stereocenters. The molecule has 0 amide bonds. The maximum Gasteiger partial charge on any atom is 0.327 e. The molecule has 5 nitrogen and oxygen atoms in total. The first-order valence-corrected chi connectivity index (χ1v) is 7.42. The molecule has 0 radical (unpaired) electrons. The van der Waals surface area contributed by atoms with Crippen molar-refractivity contribution in [2.24, 2.45) is 0 Å². The lowest BCUT2D eigenvalue weighted by molar-refractivity contribution is -0.141. The number of esters is 1. The molecule has 0 spiro atoms. The first-order chi connectivity index (χ1) is 11.6. The Hall–Kier alpha value is -3.02. The molecule has 1 heterocycles. The minimum Gasteiger partial charge on any atom is -0.468 e. The number of halogens is 1. The Morgan fingerprint density at radius 2 is 1.92 bits per heavy atom. The van der Waals surface area contributed by atoms with Gasteiger partial charge in [0, 0.05) is 11.1 Å². The van der Waals surface area contributed by atoms with Crippen LogP contribution in [-0.2, 0) is 16.1 Å². The maximum absolute atomic E-state index is 13.5. The van der Waals surface area contributed by atoms with Crippen molar-refractivity contribution in [2.45, 2.75) is 13.5 Å². The van der Waals surface area contributed by atoms with E-state index in [1.54, 1.807) is 19.1 Å². The number of methoxy groups -OCH3 is 1. The summed E-state index contributed by atoms with van der Waals surface area (Å²) in [7, 11) is 1.32. The smallest absolute Gasteiger partial charge is 0.327 e. The fourth-order valence-electron chi connectivity index (χ4n) is 2.35. The van der Waals surface area contributed by atoms with Crippen molar-refractivity contribution in [1.82, 2.24) is 14.8 Å². The molecule has 6 heteroatoms. The lowest BCUT2D eigenvalue weighted by Gasteiger charge is -2.05. The van der Waals surface area contributed by atoms with Gasteiger partial charge in [0.25, 0.3) is 0 Å². The van der Waals surface area contributed by atoms with Crippen LogP contribution in [0.4, 0.5) is 4.39 Å². The van der Waals surface area contributed by atoms with Gasteiger partial charge in [-0.05, 0) is 30.7 Å². The topological polar surface area (TPSA) is 57.0 Å². The van der Waals surface area contributed by atoms with Crippen LogP contribution in [0.15, 0.2) is 48.5 Å². The minimum absolute atomic E-state index is 0.0674. The molecule has 0 bridgehead atoms. The number of aromatic nitrogens is 3. The molecule has 122 valence electrons. The first-order valence-electron chi connectivity index (χ1n) is 7.42. The van der Waals surface area contributed by atoms with Crippen LogP contribution in [0.25, 0.3) is 22.8 Å². The minimum atomic E-state index is -0.431. The Labute approximate surface area is 138 Å². The normalized spacial score (nSPS) is 10.6. The highest BCUT2D eigenvalue weighted by molar-refractivity contribution is 5.71. The molecule has 0 fully saturated rings. The summed E-state index contributed by atoms with van der Waals surface area (Å²) in [5.74, 6) is 0.263. The highest BCUT2D eigenvalue weighted by Gasteiger charge is 2.16. The molecular formula is C18H16FN3O2. The second kappa shape index (κ2) is 6.62. The SMILES string of the molecule is COC(=O)Cn1nc(-c2ccccc2)nc1-c1ccc(F)c(C)c1. The highest BCUT2D eigenvalue weighted by atomic mass is 19.1. The third kappa shape index (κ3) is 3.17. The molecule has 0 aliphatic rings. The van der Waals surface area contributed by atoms with E-state index in [-0.39, 0.29) is 12.4 Å². The molecule has 0 saturated carbocycles. The Kier molecular flexibility index (Phi) is 4.37. The largest absolute Gasteiger partial charge is 0.468 e. The van der Waals surface area contributed by atoms with Crippen LogP contribution < -0.4 is 0 Å². The molecule has 0 N–H and O–H groups in total. The summed E-state index contributed by atoms with van der Waals surface area (Å²) in [6, 6.07) is 14.1. The lowest BCUT2D eigenvalue weighted by Crippen LogP contribution is -2.14. The quantitative estimate of drug-likeness (QED) is 0.691. The summed E-state index contributed by atoms with van der Waals surface area (Å²) in [6.07, 6.45) is 0. The van der Waals surface area contributed by atoms with Gasteiger partial charge in [-0.25, -0.2) is 14.1 Å². The number of rotatable bonds is 4. The van der Waals surface area contributed by atoms with Crippen molar-refractivity contribution in [3.05, 3.63) is 59.9 Å². The first kappa shape index (κ1) is 15.9. The number of ether oxygens (including phenoxy) is 1. The second-order valence-corrected chi connectivity index (χ2v) is 5.32. The third-order valence-corrected chi connectivity index (χ3v) is 3.63. The summed E-state index contributed by atoms with van der Waals surface area (Å²) in [4.78, 5) is 16.2. The van der Waals surface area contributed by atoms with E-state index in [0.29, 0.717) is 22.8 Å². The third-order valence-electron chi connectivity index (χ3n) is 3.63. The monoisotopic (exact) mass is 325 g/mol. The van der Waals surface area contributed by atoms with Crippen molar-refractivity contribution in [1.29, 1.82) is 0 Å². The van der Waals surface area contributed by atoms with Gasteiger partial charge in [-0.15, -0.1) is 5.10 Å². The fraction of sp³-hybridized carbons (Fsp3) is 0.167. The van der Waals surface area contributed by atoms with Crippen molar-refractivity contribution in [2.75, 3.05) is 7.11 Å². The zero-order valence-corrected chi connectivity index (χ0v) is 13.4. The van der Waals surface area contributed by atoms with E-state index in [1.807, 2.05) is 30.3 Å². The van der Waals surface area contributed by atoms with E-state index in [1.165, 1.54) is 17.9 Å². The molecule has 0 saturated heterocycles. The summed E-state index contributed by atoms with van der Waals surface area (Å²) in [5, 5.41) is 4.41. The molecular weight excluding hydrogens is 309 g/mol. The molecule has 24 heavy (non-hydrogen) atoms. The van der Waals surface area contributed by atoms with Crippen LogP contribution in [0.2, 0.25) is 0 Å². The Bertz CT molecular complexity index is 875. The Morgan fingerprint density at radius 3 is 2.58 bits per heavy atom. The average molecular weight is 325 g/mol. The number of carbonyl (C=O) groups is 1. The number of carbonyl (C=O) groups excluding carboxylic acids is 1. The lowest BCUT2D eigenvalue weighted by atomic mass is 10.1. The van der Waals surface area contributed by atoms with Crippen LogP contribution in [-0.4, -0.2) is 27.8 Å². The van der Waals surface area contributed by atoms with Gasteiger partial charge < -0.3 is 4.74 Å². The van der Waals surface area contributed by atoms with E-state index in [2.05, 4.69) is 10.1 Å². The van der Waals surface area contributed by atoms with Gasteiger partial charge in [-0.1, -0.05) is 30.3 Å². The van der Waals surface area contributed by atoms with E-state index >= 15 is 0 Å². The van der Waals surface area contributed by atoms with E-state index in [9.17, 15) is 9.18 Å². The summed E-state index contributed by atoms with van der Waals surface area (Å²) in [6.45, 7) is 1.61. The number of aryl methyl sites for hydroxylation is 1. The molecule has 1 aromatic heterocycles. The number of hydrogen-bond acceptors (Lipinski definition) is 4. The molecule has 2 aromatic carbocycles. The van der Waals surface area contributed by atoms with Gasteiger partial charge in [0.15, 0.2) is 11.6 Å². The van der Waals surface area contributed by atoms with E-state index in [4.69, 9.17) is 4.74 Å². The zero-order chi connectivity index (χ0) is 17.1. The van der Waals surface area contributed by atoms with Crippen LogP contribution in [0.3, 0.4) is 0 Å². The molecule has 0 unspecified atom stereocenters. The zero-order valence-electron chi connectivity index (χ0n) is 13.4. The van der Waals surface area contributed by atoms with Gasteiger partial charge in [0.1, 0.15) is 12.4 Å². The van der Waals surface area contributed by atoms with Crippen molar-refractivity contribution in [3.63, 3.8) is 0 Å². The van der Waals surface area contributed by atoms with E-state index < -0.39 is 5.97 Å². The predicted molar refractivity (Wildman–Crippen MR) is 87.6 cm³/mol. The summed E-state index contributed by atoms with van der Waals surface area (Å²) in [5.41, 5.74) is 2.02. The van der Waals surface area contributed by atoms with Crippen LogP contribution >= 0.6 is 0 Å². The number of nitrogens with zero attached hydrogens (tertiary/aromatic N) is 3.